The van der Waals surface area contributed by atoms with E-state index < -0.39 is 10.0 Å². The van der Waals surface area contributed by atoms with Crippen LogP contribution in [0.4, 0.5) is 11.4 Å². The van der Waals surface area contributed by atoms with Gasteiger partial charge in [0.1, 0.15) is 5.75 Å². The van der Waals surface area contributed by atoms with E-state index in [9.17, 15) is 13.2 Å². The third kappa shape index (κ3) is 3.21. The summed E-state index contributed by atoms with van der Waals surface area (Å²) < 4.78 is 33.3. The molecule has 3 rings (SSSR count). The number of aryl methyl sites for hydroxylation is 1. The van der Waals surface area contributed by atoms with E-state index in [2.05, 4.69) is 4.72 Å². The molecule has 0 saturated carbocycles. The molecule has 0 fully saturated rings. The first-order chi connectivity index (χ1) is 11.4. The molecule has 1 N–H and O–H groups in total. The summed E-state index contributed by atoms with van der Waals surface area (Å²) in [5, 5.41) is 0. The van der Waals surface area contributed by atoms with E-state index in [0.29, 0.717) is 17.1 Å². The Morgan fingerprint density at radius 3 is 2.71 bits per heavy atom. The Labute approximate surface area is 141 Å². The van der Waals surface area contributed by atoms with Crippen LogP contribution >= 0.6 is 0 Å². The van der Waals surface area contributed by atoms with E-state index in [1.54, 1.807) is 31.3 Å². The van der Waals surface area contributed by atoms with E-state index in [1.165, 1.54) is 17.0 Å². The predicted octanol–water partition coefficient (Wildman–Crippen LogP) is 2.54. The minimum absolute atomic E-state index is 0.0768. The summed E-state index contributed by atoms with van der Waals surface area (Å²) >= 11 is 0. The van der Waals surface area contributed by atoms with Crippen molar-refractivity contribution in [3.63, 3.8) is 0 Å². The van der Waals surface area contributed by atoms with Crippen molar-refractivity contribution in [3.05, 3.63) is 48.0 Å². The molecule has 2 aromatic carbocycles. The maximum Gasteiger partial charge on any atom is 0.261 e. The van der Waals surface area contributed by atoms with Crippen molar-refractivity contribution in [2.45, 2.75) is 18.2 Å². The summed E-state index contributed by atoms with van der Waals surface area (Å²) in [4.78, 5) is 13.4. The van der Waals surface area contributed by atoms with Gasteiger partial charge in [-0.05, 0) is 42.8 Å². The lowest BCUT2D eigenvalue weighted by atomic mass is 10.2. The zero-order valence-electron chi connectivity index (χ0n) is 13.4. The standard InChI is InChI=1S/C17H18N2O4S/c1-12-4-3-5-13(10-12)18-24(21,22)14-6-7-16-15(11-14)19(2)17(20)8-9-23-16/h3-7,10-11,18H,8-9H2,1-2H3. The summed E-state index contributed by atoms with van der Waals surface area (Å²) in [5.74, 6) is 0.382. The third-order valence-electron chi connectivity index (χ3n) is 3.82. The van der Waals surface area contributed by atoms with Crippen LogP contribution in [0.1, 0.15) is 12.0 Å². The maximum atomic E-state index is 12.6. The fourth-order valence-electron chi connectivity index (χ4n) is 2.52. The van der Waals surface area contributed by atoms with E-state index in [-0.39, 0.29) is 23.8 Å². The number of amides is 1. The van der Waals surface area contributed by atoms with Crippen molar-refractivity contribution in [1.82, 2.24) is 0 Å². The first-order valence-corrected chi connectivity index (χ1v) is 8.98. The molecule has 0 bridgehead atoms. The first-order valence-electron chi connectivity index (χ1n) is 7.50. The van der Waals surface area contributed by atoms with Crippen LogP contribution in [0, 0.1) is 6.92 Å². The molecule has 2 aromatic rings. The highest BCUT2D eigenvalue weighted by Gasteiger charge is 2.23. The van der Waals surface area contributed by atoms with Crippen LogP contribution in [-0.4, -0.2) is 28.0 Å². The van der Waals surface area contributed by atoms with Crippen LogP contribution in [0.25, 0.3) is 0 Å². The number of hydrogen-bond acceptors (Lipinski definition) is 4. The van der Waals surface area contributed by atoms with Gasteiger partial charge in [-0.1, -0.05) is 12.1 Å². The number of carbonyl (C=O) groups excluding carboxylic acids is 1. The molecule has 126 valence electrons. The number of hydrogen-bond donors (Lipinski definition) is 1. The average Bonchev–Trinajstić information content (AvgIpc) is 2.66. The summed E-state index contributed by atoms with van der Waals surface area (Å²) in [6.07, 6.45) is 0.259. The molecule has 1 amide bonds. The van der Waals surface area contributed by atoms with Gasteiger partial charge in [-0.15, -0.1) is 0 Å². The van der Waals surface area contributed by atoms with Gasteiger partial charge in [0.2, 0.25) is 5.91 Å². The van der Waals surface area contributed by atoms with Crippen LogP contribution < -0.4 is 14.4 Å². The molecule has 0 atom stereocenters. The lowest BCUT2D eigenvalue weighted by Crippen LogP contribution is -2.25. The zero-order chi connectivity index (χ0) is 17.3. The molecular weight excluding hydrogens is 328 g/mol. The largest absolute Gasteiger partial charge is 0.491 e. The molecule has 0 spiro atoms. The summed E-state index contributed by atoms with van der Waals surface area (Å²) in [7, 11) is -2.15. The van der Waals surface area contributed by atoms with Gasteiger partial charge in [0.05, 0.1) is 23.6 Å². The Morgan fingerprint density at radius 2 is 1.96 bits per heavy atom. The Balaban J connectivity index is 1.97. The molecule has 0 unspecified atom stereocenters. The highest BCUT2D eigenvalue weighted by Crippen LogP contribution is 2.33. The van der Waals surface area contributed by atoms with Gasteiger partial charge in [-0.25, -0.2) is 8.42 Å². The Bertz CT molecular complexity index is 893. The first kappa shape index (κ1) is 16.3. The van der Waals surface area contributed by atoms with Crippen molar-refractivity contribution >= 4 is 27.3 Å². The van der Waals surface area contributed by atoms with Crippen LogP contribution in [0.2, 0.25) is 0 Å². The SMILES string of the molecule is Cc1cccc(NS(=O)(=O)c2ccc3c(c2)N(C)C(=O)CCO3)c1. The maximum absolute atomic E-state index is 12.6. The molecule has 1 aliphatic rings. The van der Waals surface area contributed by atoms with Crippen LogP contribution in [0.5, 0.6) is 5.75 Å². The van der Waals surface area contributed by atoms with Crippen molar-refractivity contribution in [3.8, 4) is 5.75 Å². The van der Waals surface area contributed by atoms with Gasteiger partial charge in [0.15, 0.2) is 0 Å². The van der Waals surface area contributed by atoms with E-state index in [4.69, 9.17) is 4.74 Å². The normalized spacial score (nSPS) is 14.6. The number of anilines is 2. The average molecular weight is 346 g/mol. The van der Waals surface area contributed by atoms with Gasteiger partial charge in [-0.3, -0.25) is 9.52 Å². The molecule has 24 heavy (non-hydrogen) atoms. The summed E-state index contributed by atoms with van der Waals surface area (Å²) in [6, 6.07) is 11.6. The second-order valence-corrected chi connectivity index (χ2v) is 7.34. The van der Waals surface area contributed by atoms with Gasteiger partial charge < -0.3 is 9.64 Å². The number of carbonyl (C=O) groups is 1. The second-order valence-electron chi connectivity index (χ2n) is 5.66. The smallest absolute Gasteiger partial charge is 0.261 e. The molecule has 0 aromatic heterocycles. The molecule has 6 nitrogen and oxygen atoms in total. The molecular formula is C17H18N2O4S. The molecule has 0 saturated heterocycles. The number of nitrogens with one attached hydrogen (secondary N) is 1. The van der Waals surface area contributed by atoms with E-state index >= 15 is 0 Å². The Morgan fingerprint density at radius 1 is 1.17 bits per heavy atom. The molecule has 1 heterocycles. The predicted molar refractivity (Wildman–Crippen MR) is 92.0 cm³/mol. The lowest BCUT2D eigenvalue weighted by Gasteiger charge is -2.17. The van der Waals surface area contributed by atoms with Gasteiger partial charge >= 0.3 is 0 Å². The third-order valence-corrected chi connectivity index (χ3v) is 5.20. The fraction of sp³-hybridized carbons (Fsp3) is 0.235. The van der Waals surface area contributed by atoms with Crippen molar-refractivity contribution < 1.29 is 17.9 Å². The van der Waals surface area contributed by atoms with Crippen LogP contribution in [-0.2, 0) is 14.8 Å². The van der Waals surface area contributed by atoms with E-state index in [1.807, 2.05) is 13.0 Å². The number of sulfonamides is 1. The van der Waals surface area contributed by atoms with Gasteiger partial charge in [0.25, 0.3) is 10.0 Å². The highest BCUT2D eigenvalue weighted by molar-refractivity contribution is 7.92. The molecule has 1 aliphatic heterocycles. The molecule has 0 aliphatic carbocycles. The number of nitrogens with zero attached hydrogens (tertiary/aromatic N) is 1. The molecule has 7 heteroatoms. The molecule has 0 radical (unpaired) electrons. The number of benzene rings is 2. The van der Waals surface area contributed by atoms with E-state index in [0.717, 1.165) is 5.56 Å². The fourth-order valence-corrected chi connectivity index (χ4v) is 3.59. The Hall–Kier alpha value is -2.54. The van der Waals surface area contributed by atoms with Gasteiger partial charge in [-0.2, -0.15) is 0 Å². The summed E-state index contributed by atoms with van der Waals surface area (Å²) in [5.41, 5.74) is 1.89. The van der Waals surface area contributed by atoms with Gasteiger partial charge in [0, 0.05) is 12.7 Å². The summed E-state index contributed by atoms with van der Waals surface area (Å²) in [6.45, 7) is 2.17. The quantitative estimate of drug-likeness (QED) is 0.927. The second kappa shape index (κ2) is 6.16. The lowest BCUT2D eigenvalue weighted by molar-refractivity contribution is -0.118. The minimum Gasteiger partial charge on any atom is -0.491 e. The number of fused-ring (bicyclic) bond motifs is 1. The zero-order valence-corrected chi connectivity index (χ0v) is 14.3. The number of rotatable bonds is 3. The monoisotopic (exact) mass is 346 g/mol. The highest BCUT2D eigenvalue weighted by atomic mass is 32.2. The van der Waals surface area contributed by atoms with Crippen molar-refractivity contribution in [1.29, 1.82) is 0 Å². The number of ether oxygens (including phenoxy) is 1. The topological polar surface area (TPSA) is 75.7 Å². The van der Waals surface area contributed by atoms with Crippen molar-refractivity contribution in [2.24, 2.45) is 0 Å². The van der Waals surface area contributed by atoms with Crippen molar-refractivity contribution in [2.75, 3.05) is 23.3 Å². The van der Waals surface area contributed by atoms with Crippen LogP contribution in [0.15, 0.2) is 47.4 Å². The Kier molecular flexibility index (Phi) is 4.19. The minimum atomic E-state index is -3.76. The van der Waals surface area contributed by atoms with Crippen LogP contribution in [0.3, 0.4) is 0 Å².